The second-order valence-electron chi connectivity index (χ2n) is 3.43. The lowest BCUT2D eigenvalue weighted by Crippen LogP contribution is -1.84. The van der Waals surface area contributed by atoms with E-state index < -0.39 is 0 Å². The number of benzene rings is 1. The lowest BCUT2D eigenvalue weighted by molar-refractivity contribution is 0.467. The van der Waals surface area contributed by atoms with Gasteiger partial charge in [-0.05, 0) is 48.9 Å². The van der Waals surface area contributed by atoms with Gasteiger partial charge in [-0.15, -0.1) is 0 Å². The van der Waals surface area contributed by atoms with Crippen molar-refractivity contribution < 1.29 is 5.11 Å². The number of hydrogen-bond donors (Lipinski definition) is 1. The summed E-state index contributed by atoms with van der Waals surface area (Å²) in [6.07, 6.45) is 2.45. The highest BCUT2D eigenvalue weighted by Gasteiger charge is 2.26. The highest BCUT2D eigenvalue weighted by Crippen LogP contribution is 2.45. The third-order valence-electron chi connectivity index (χ3n) is 2.33. The summed E-state index contributed by atoms with van der Waals surface area (Å²) in [5.74, 6) is 1.07. The first-order valence-corrected chi connectivity index (χ1v) is 4.97. The van der Waals surface area contributed by atoms with Crippen molar-refractivity contribution in [1.29, 1.82) is 0 Å². The van der Waals surface area contributed by atoms with Gasteiger partial charge in [0.05, 0.1) is 0 Å². The maximum atomic E-state index is 9.61. The van der Waals surface area contributed by atoms with Crippen LogP contribution in [0.5, 0.6) is 5.75 Å². The van der Waals surface area contributed by atoms with E-state index in [0.717, 1.165) is 15.6 Å². The average Bonchev–Trinajstić information content (AvgIpc) is 2.79. The summed E-state index contributed by atoms with van der Waals surface area (Å²) < 4.78 is 1.10. The Bertz CT molecular complexity index is 316. The summed E-state index contributed by atoms with van der Waals surface area (Å²) in [5, 5.41) is 9.61. The number of aromatic hydroxyl groups is 1. The Balaban J connectivity index is 2.47. The molecule has 0 aromatic heterocycles. The van der Waals surface area contributed by atoms with Crippen molar-refractivity contribution in [2.75, 3.05) is 0 Å². The van der Waals surface area contributed by atoms with Gasteiger partial charge in [0.1, 0.15) is 5.75 Å². The fraction of sp³-hybridized carbons (Fsp3) is 0.400. The summed E-state index contributed by atoms with van der Waals surface area (Å²) in [6, 6.07) is 3.88. The Labute approximate surface area is 80.5 Å². The van der Waals surface area contributed by atoms with Crippen LogP contribution in [0.4, 0.5) is 0 Å². The molecule has 0 bridgehead atoms. The van der Waals surface area contributed by atoms with Gasteiger partial charge >= 0.3 is 0 Å². The molecule has 0 unspecified atom stereocenters. The molecule has 0 aliphatic heterocycles. The van der Waals surface area contributed by atoms with Crippen LogP contribution >= 0.6 is 15.9 Å². The van der Waals surface area contributed by atoms with E-state index in [1.54, 1.807) is 0 Å². The van der Waals surface area contributed by atoms with Gasteiger partial charge in [-0.3, -0.25) is 0 Å². The highest BCUT2D eigenvalue weighted by atomic mass is 79.9. The van der Waals surface area contributed by atoms with Crippen LogP contribution in [0, 0.1) is 6.92 Å². The van der Waals surface area contributed by atoms with E-state index >= 15 is 0 Å². The van der Waals surface area contributed by atoms with Gasteiger partial charge in [-0.25, -0.2) is 0 Å². The number of aryl methyl sites for hydroxylation is 1. The van der Waals surface area contributed by atoms with Gasteiger partial charge in [0.25, 0.3) is 0 Å². The molecular weight excluding hydrogens is 216 g/mol. The van der Waals surface area contributed by atoms with Crippen LogP contribution in [0.2, 0.25) is 0 Å². The van der Waals surface area contributed by atoms with Crippen LogP contribution in [-0.2, 0) is 0 Å². The van der Waals surface area contributed by atoms with Crippen molar-refractivity contribution in [3.63, 3.8) is 0 Å². The third kappa shape index (κ3) is 1.36. The number of halogens is 1. The normalized spacial score (nSPS) is 16.5. The summed E-state index contributed by atoms with van der Waals surface area (Å²) in [4.78, 5) is 0. The first-order valence-electron chi connectivity index (χ1n) is 4.17. The molecule has 0 heterocycles. The maximum absolute atomic E-state index is 9.61. The van der Waals surface area contributed by atoms with E-state index in [4.69, 9.17) is 0 Å². The summed E-state index contributed by atoms with van der Waals surface area (Å²) >= 11 is 3.47. The van der Waals surface area contributed by atoms with E-state index in [2.05, 4.69) is 15.9 Å². The van der Waals surface area contributed by atoms with Gasteiger partial charge < -0.3 is 5.11 Å². The molecule has 1 aromatic carbocycles. The Hall–Kier alpha value is -0.500. The third-order valence-corrected chi connectivity index (χ3v) is 3.18. The van der Waals surface area contributed by atoms with Crippen LogP contribution in [0.1, 0.15) is 29.9 Å². The molecule has 1 aliphatic rings. The lowest BCUT2D eigenvalue weighted by Gasteiger charge is -2.05. The molecule has 64 valence electrons. The second-order valence-corrected chi connectivity index (χ2v) is 4.29. The molecule has 1 saturated carbocycles. The minimum absolute atomic E-state index is 0.457. The minimum atomic E-state index is 0.457. The van der Waals surface area contributed by atoms with E-state index in [-0.39, 0.29) is 0 Å². The summed E-state index contributed by atoms with van der Waals surface area (Å²) in [6.45, 7) is 1.99. The average molecular weight is 227 g/mol. The highest BCUT2D eigenvalue weighted by molar-refractivity contribution is 9.10. The Morgan fingerprint density at radius 2 is 2.08 bits per heavy atom. The standard InChI is InChI=1S/C10H11BrO/c1-6-4-10(12)8(5-9(6)11)7-2-3-7/h4-5,7,12H,2-3H2,1H3. The van der Waals surface area contributed by atoms with Gasteiger partial charge in [-0.1, -0.05) is 15.9 Å². The molecular formula is C10H11BrO. The van der Waals surface area contributed by atoms with Crippen molar-refractivity contribution in [1.82, 2.24) is 0 Å². The van der Waals surface area contributed by atoms with Crippen LogP contribution < -0.4 is 0 Å². The van der Waals surface area contributed by atoms with Gasteiger partial charge in [-0.2, -0.15) is 0 Å². The minimum Gasteiger partial charge on any atom is -0.508 e. The van der Waals surface area contributed by atoms with E-state index in [9.17, 15) is 5.11 Å². The van der Waals surface area contributed by atoms with Gasteiger partial charge in [0.2, 0.25) is 0 Å². The zero-order valence-corrected chi connectivity index (χ0v) is 8.56. The fourth-order valence-electron chi connectivity index (χ4n) is 1.40. The molecule has 1 aromatic rings. The molecule has 0 radical (unpaired) electrons. The molecule has 12 heavy (non-hydrogen) atoms. The van der Waals surface area contributed by atoms with E-state index in [0.29, 0.717) is 11.7 Å². The quantitative estimate of drug-likeness (QED) is 0.779. The first kappa shape index (κ1) is 8.11. The van der Waals surface area contributed by atoms with Crippen LogP contribution in [0.25, 0.3) is 0 Å². The molecule has 1 fully saturated rings. The van der Waals surface area contributed by atoms with Crippen molar-refractivity contribution in [2.24, 2.45) is 0 Å². The number of hydrogen-bond acceptors (Lipinski definition) is 1. The van der Waals surface area contributed by atoms with Crippen molar-refractivity contribution in [3.05, 3.63) is 27.7 Å². The van der Waals surface area contributed by atoms with E-state index in [1.165, 1.54) is 12.8 Å². The monoisotopic (exact) mass is 226 g/mol. The topological polar surface area (TPSA) is 20.2 Å². The lowest BCUT2D eigenvalue weighted by atomic mass is 10.1. The zero-order chi connectivity index (χ0) is 8.72. The molecule has 0 saturated heterocycles. The fourth-order valence-corrected chi connectivity index (χ4v) is 1.76. The maximum Gasteiger partial charge on any atom is 0.119 e. The van der Waals surface area contributed by atoms with Gasteiger partial charge in [0.15, 0.2) is 0 Å². The Morgan fingerprint density at radius 3 is 2.67 bits per heavy atom. The number of phenols is 1. The molecule has 0 amide bonds. The second kappa shape index (κ2) is 2.77. The molecule has 2 heteroatoms. The van der Waals surface area contributed by atoms with E-state index in [1.807, 2.05) is 19.1 Å². The molecule has 1 nitrogen and oxygen atoms in total. The predicted molar refractivity (Wildman–Crippen MR) is 52.5 cm³/mol. The van der Waals surface area contributed by atoms with Crippen LogP contribution in [-0.4, -0.2) is 5.11 Å². The smallest absolute Gasteiger partial charge is 0.119 e. The molecule has 0 spiro atoms. The van der Waals surface area contributed by atoms with Crippen LogP contribution in [0.15, 0.2) is 16.6 Å². The summed E-state index contributed by atoms with van der Waals surface area (Å²) in [5.41, 5.74) is 2.20. The zero-order valence-electron chi connectivity index (χ0n) is 6.97. The van der Waals surface area contributed by atoms with Crippen molar-refractivity contribution in [3.8, 4) is 5.75 Å². The van der Waals surface area contributed by atoms with Crippen LogP contribution in [0.3, 0.4) is 0 Å². The molecule has 0 atom stereocenters. The number of phenolic OH excluding ortho intramolecular Hbond substituents is 1. The molecule has 2 rings (SSSR count). The Morgan fingerprint density at radius 1 is 1.42 bits per heavy atom. The summed E-state index contributed by atoms with van der Waals surface area (Å²) in [7, 11) is 0. The van der Waals surface area contributed by atoms with Crippen molar-refractivity contribution >= 4 is 15.9 Å². The number of rotatable bonds is 1. The largest absolute Gasteiger partial charge is 0.508 e. The van der Waals surface area contributed by atoms with Crippen molar-refractivity contribution in [2.45, 2.75) is 25.7 Å². The molecule has 1 N–H and O–H groups in total. The first-order chi connectivity index (χ1) is 5.68. The Kier molecular flexibility index (Phi) is 1.87. The SMILES string of the molecule is Cc1cc(O)c(C2CC2)cc1Br. The van der Waals surface area contributed by atoms with Gasteiger partial charge in [0, 0.05) is 4.47 Å². The molecule has 1 aliphatic carbocycles. The predicted octanol–water partition coefficient (Wildman–Crippen LogP) is 3.34.